The van der Waals surface area contributed by atoms with E-state index in [2.05, 4.69) is 0 Å². The van der Waals surface area contributed by atoms with Gasteiger partial charge in [-0.25, -0.2) is 0 Å². The van der Waals surface area contributed by atoms with Crippen LogP contribution in [0.5, 0.6) is 0 Å². The molecule has 2 aromatic carbocycles. The molecule has 3 nitrogen and oxygen atoms in total. The molecule has 100 valence electrons. The van der Waals surface area contributed by atoms with E-state index >= 15 is 0 Å². The Morgan fingerprint density at radius 3 is 1.85 bits per heavy atom. The first-order chi connectivity index (χ1) is 9.75. The molecule has 0 radical (unpaired) electrons. The van der Waals surface area contributed by atoms with Crippen LogP contribution in [0.15, 0.2) is 54.6 Å². The quantitative estimate of drug-likeness (QED) is 0.780. The van der Waals surface area contributed by atoms with Gasteiger partial charge in [0.25, 0.3) is 0 Å². The van der Waals surface area contributed by atoms with Crippen LogP contribution in [0, 0.1) is 0 Å². The molecule has 3 heteroatoms. The Morgan fingerprint density at radius 2 is 1.25 bits per heavy atom. The molecule has 2 amide bonds. The van der Waals surface area contributed by atoms with Gasteiger partial charge in [-0.2, -0.15) is 0 Å². The summed E-state index contributed by atoms with van der Waals surface area (Å²) in [5.74, 6) is -0.206. The number of carbonyl (C=O) groups excluding carboxylic acids is 2. The van der Waals surface area contributed by atoms with Gasteiger partial charge >= 0.3 is 0 Å². The standard InChI is InChI=1S/C17H15NO2/c19-16-7-4-8-17(20)18(16)15-11-9-14(10-12-15)13-5-2-1-3-6-13/h1-3,5-6,9-12H,4,7-8H2. The average molecular weight is 265 g/mol. The van der Waals surface area contributed by atoms with Crippen molar-refractivity contribution in [2.75, 3.05) is 4.90 Å². The summed E-state index contributed by atoms with van der Waals surface area (Å²) in [5, 5.41) is 0. The fourth-order valence-corrected chi connectivity index (χ4v) is 2.48. The number of nitrogens with zero attached hydrogens (tertiary/aromatic N) is 1. The normalized spacial score (nSPS) is 15.5. The van der Waals surface area contributed by atoms with Crippen molar-refractivity contribution in [3.63, 3.8) is 0 Å². The predicted octanol–water partition coefficient (Wildman–Crippen LogP) is 3.40. The van der Waals surface area contributed by atoms with E-state index in [-0.39, 0.29) is 11.8 Å². The Kier molecular flexibility index (Phi) is 3.33. The summed E-state index contributed by atoms with van der Waals surface area (Å²) in [4.78, 5) is 25.0. The third-order valence-electron chi connectivity index (χ3n) is 3.51. The number of imide groups is 1. The molecular formula is C17H15NO2. The largest absolute Gasteiger partial charge is 0.274 e. The summed E-state index contributed by atoms with van der Waals surface area (Å²) in [7, 11) is 0. The lowest BCUT2D eigenvalue weighted by Crippen LogP contribution is -2.40. The smallest absolute Gasteiger partial charge is 0.233 e. The third-order valence-corrected chi connectivity index (χ3v) is 3.51. The molecular weight excluding hydrogens is 250 g/mol. The number of carbonyl (C=O) groups is 2. The number of hydrogen-bond acceptors (Lipinski definition) is 2. The molecule has 1 heterocycles. The monoisotopic (exact) mass is 265 g/mol. The highest BCUT2D eigenvalue weighted by atomic mass is 16.2. The second-order valence-electron chi connectivity index (χ2n) is 4.89. The number of anilines is 1. The van der Waals surface area contributed by atoms with Gasteiger partial charge in [-0.05, 0) is 29.7 Å². The number of benzene rings is 2. The molecule has 0 spiro atoms. The first-order valence-electron chi connectivity index (χ1n) is 6.77. The van der Waals surface area contributed by atoms with Crippen LogP contribution in [0.1, 0.15) is 19.3 Å². The summed E-state index contributed by atoms with van der Waals surface area (Å²) < 4.78 is 0. The van der Waals surface area contributed by atoms with Crippen LogP contribution >= 0.6 is 0 Å². The highest BCUT2D eigenvalue weighted by Crippen LogP contribution is 2.26. The number of rotatable bonds is 2. The minimum Gasteiger partial charge on any atom is -0.274 e. The highest BCUT2D eigenvalue weighted by Gasteiger charge is 2.27. The first kappa shape index (κ1) is 12.6. The Balaban J connectivity index is 1.90. The molecule has 0 saturated carbocycles. The predicted molar refractivity (Wildman–Crippen MR) is 78.2 cm³/mol. The summed E-state index contributed by atoms with van der Waals surface area (Å²) in [6.07, 6.45) is 1.56. The van der Waals surface area contributed by atoms with Gasteiger partial charge in [0.2, 0.25) is 11.8 Å². The molecule has 20 heavy (non-hydrogen) atoms. The molecule has 1 fully saturated rings. The van der Waals surface area contributed by atoms with Gasteiger partial charge in [-0.3, -0.25) is 14.5 Å². The lowest BCUT2D eigenvalue weighted by Gasteiger charge is -2.24. The van der Waals surface area contributed by atoms with E-state index in [1.54, 1.807) is 0 Å². The van der Waals surface area contributed by atoms with E-state index in [0.29, 0.717) is 24.9 Å². The van der Waals surface area contributed by atoms with Crippen molar-refractivity contribution in [1.29, 1.82) is 0 Å². The molecule has 0 aliphatic carbocycles. The number of piperidine rings is 1. The Labute approximate surface area is 117 Å². The fourth-order valence-electron chi connectivity index (χ4n) is 2.48. The average Bonchev–Trinajstić information content (AvgIpc) is 2.49. The van der Waals surface area contributed by atoms with E-state index in [9.17, 15) is 9.59 Å². The van der Waals surface area contributed by atoms with Crippen LogP contribution in [0.2, 0.25) is 0 Å². The number of amides is 2. The molecule has 0 atom stereocenters. The van der Waals surface area contributed by atoms with Crippen LogP contribution in [-0.2, 0) is 9.59 Å². The summed E-state index contributed by atoms with van der Waals surface area (Å²) in [6, 6.07) is 17.6. The molecule has 0 aromatic heterocycles. The van der Waals surface area contributed by atoms with Crippen molar-refractivity contribution >= 4 is 17.5 Å². The Hall–Kier alpha value is -2.42. The van der Waals surface area contributed by atoms with Crippen LogP contribution in [-0.4, -0.2) is 11.8 Å². The van der Waals surface area contributed by atoms with Gasteiger partial charge in [-0.1, -0.05) is 42.5 Å². The van der Waals surface area contributed by atoms with Crippen LogP contribution in [0.3, 0.4) is 0 Å². The maximum absolute atomic E-state index is 11.9. The van der Waals surface area contributed by atoms with Gasteiger partial charge in [0.05, 0.1) is 5.69 Å². The van der Waals surface area contributed by atoms with Crippen molar-refractivity contribution < 1.29 is 9.59 Å². The Bertz CT molecular complexity index is 616. The molecule has 0 N–H and O–H groups in total. The second kappa shape index (κ2) is 5.29. The fraction of sp³-hybridized carbons (Fsp3) is 0.176. The molecule has 1 aliphatic heterocycles. The molecule has 1 aliphatic rings. The highest BCUT2D eigenvalue weighted by molar-refractivity contribution is 6.16. The van der Waals surface area contributed by atoms with Gasteiger partial charge in [0.15, 0.2) is 0 Å². The summed E-state index contributed by atoms with van der Waals surface area (Å²) in [6.45, 7) is 0. The minimum absolute atomic E-state index is 0.103. The Morgan fingerprint density at radius 1 is 0.700 bits per heavy atom. The zero-order valence-corrected chi connectivity index (χ0v) is 11.1. The maximum Gasteiger partial charge on any atom is 0.233 e. The molecule has 1 saturated heterocycles. The zero-order chi connectivity index (χ0) is 13.9. The lowest BCUT2D eigenvalue weighted by atomic mass is 10.0. The van der Waals surface area contributed by atoms with Crippen molar-refractivity contribution in [3.05, 3.63) is 54.6 Å². The van der Waals surface area contributed by atoms with E-state index in [0.717, 1.165) is 11.1 Å². The van der Waals surface area contributed by atoms with Crippen LogP contribution < -0.4 is 4.90 Å². The molecule has 2 aromatic rings. The van der Waals surface area contributed by atoms with Gasteiger partial charge in [0, 0.05) is 12.8 Å². The van der Waals surface area contributed by atoms with E-state index in [4.69, 9.17) is 0 Å². The van der Waals surface area contributed by atoms with Crippen LogP contribution in [0.4, 0.5) is 5.69 Å². The molecule has 0 bridgehead atoms. The van der Waals surface area contributed by atoms with Gasteiger partial charge in [0.1, 0.15) is 0 Å². The summed E-state index contributed by atoms with van der Waals surface area (Å²) in [5.41, 5.74) is 2.86. The zero-order valence-electron chi connectivity index (χ0n) is 11.1. The summed E-state index contributed by atoms with van der Waals surface area (Å²) >= 11 is 0. The first-order valence-corrected chi connectivity index (χ1v) is 6.77. The SMILES string of the molecule is O=C1CCCC(=O)N1c1ccc(-c2ccccc2)cc1. The van der Waals surface area contributed by atoms with E-state index in [1.807, 2.05) is 54.6 Å². The van der Waals surface area contributed by atoms with Crippen LogP contribution in [0.25, 0.3) is 11.1 Å². The number of hydrogen-bond donors (Lipinski definition) is 0. The van der Waals surface area contributed by atoms with Crippen molar-refractivity contribution in [3.8, 4) is 11.1 Å². The van der Waals surface area contributed by atoms with Gasteiger partial charge in [-0.15, -0.1) is 0 Å². The van der Waals surface area contributed by atoms with E-state index < -0.39 is 0 Å². The molecule has 0 unspecified atom stereocenters. The third kappa shape index (κ3) is 2.35. The van der Waals surface area contributed by atoms with Gasteiger partial charge < -0.3 is 0 Å². The minimum atomic E-state index is -0.103. The maximum atomic E-state index is 11.9. The van der Waals surface area contributed by atoms with Crippen molar-refractivity contribution in [1.82, 2.24) is 0 Å². The van der Waals surface area contributed by atoms with E-state index in [1.165, 1.54) is 4.90 Å². The second-order valence-corrected chi connectivity index (χ2v) is 4.89. The lowest BCUT2D eigenvalue weighted by molar-refractivity contribution is -0.129. The van der Waals surface area contributed by atoms with Crippen molar-refractivity contribution in [2.24, 2.45) is 0 Å². The molecule has 3 rings (SSSR count). The van der Waals surface area contributed by atoms with Crippen molar-refractivity contribution in [2.45, 2.75) is 19.3 Å². The topological polar surface area (TPSA) is 37.4 Å².